The standard InChI is InChI=1S/C17H20ClN3O3/c1-4-24-9-15-19-13-8-21(23)14-7-11(18)5-6-12(14)16(13)20(15)10-17(2,3)22/h5-8,22H,4,9-10H2,1-3H3. The fourth-order valence-electron chi connectivity index (χ4n) is 2.82. The summed E-state index contributed by atoms with van der Waals surface area (Å²) in [6.45, 7) is 6.59. The van der Waals surface area contributed by atoms with E-state index >= 15 is 0 Å². The third kappa shape index (κ3) is 3.17. The Morgan fingerprint density at radius 3 is 2.83 bits per heavy atom. The number of ether oxygens (including phenoxy) is 1. The van der Waals surface area contributed by atoms with Gasteiger partial charge in [-0.2, -0.15) is 4.73 Å². The molecule has 0 saturated heterocycles. The van der Waals surface area contributed by atoms with Crippen molar-refractivity contribution in [2.45, 2.75) is 39.5 Å². The molecule has 0 radical (unpaired) electrons. The van der Waals surface area contributed by atoms with Crippen molar-refractivity contribution in [2.24, 2.45) is 0 Å². The van der Waals surface area contributed by atoms with Crippen LogP contribution >= 0.6 is 11.6 Å². The number of nitrogens with zero attached hydrogens (tertiary/aromatic N) is 3. The number of rotatable bonds is 5. The Morgan fingerprint density at radius 1 is 1.42 bits per heavy atom. The molecule has 1 N–H and O–H groups in total. The van der Waals surface area contributed by atoms with Crippen molar-refractivity contribution in [3.63, 3.8) is 0 Å². The van der Waals surface area contributed by atoms with Crippen molar-refractivity contribution in [3.8, 4) is 0 Å². The molecule has 0 bridgehead atoms. The summed E-state index contributed by atoms with van der Waals surface area (Å²) in [6.07, 6.45) is 1.43. The van der Waals surface area contributed by atoms with Gasteiger partial charge in [0.15, 0.2) is 5.52 Å². The lowest BCUT2D eigenvalue weighted by atomic mass is 10.1. The lowest BCUT2D eigenvalue weighted by Crippen LogP contribution is -2.28. The Bertz CT molecular complexity index is 900. The van der Waals surface area contributed by atoms with Crippen LogP contribution in [0.2, 0.25) is 5.02 Å². The minimum Gasteiger partial charge on any atom is -0.618 e. The Labute approximate surface area is 144 Å². The summed E-state index contributed by atoms with van der Waals surface area (Å²) in [7, 11) is 0. The smallest absolute Gasteiger partial charge is 0.227 e. The SMILES string of the molecule is CCOCc1nc2c[n+]([O-])c3cc(Cl)ccc3c2n1CC(C)(C)O. The van der Waals surface area contributed by atoms with E-state index in [4.69, 9.17) is 16.3 Å². The number of aromatic nitrogens is 3. The van der Waals surface area contributed by atoms with Crippen LogP contribution in [-0.4, -0.2) is 26.9 Å². The van der Waals surface area contributed by atoms with Crippen molar-refractivity contribution in [2.75, 3.05) is 6.61 Å². The fourth-order valence-corrected chi connectivity index (χ4v) is 2.99. The van der Waals surface area contributed by atoms with Crippen molar-refractivity contribution in [1.29, 1.82) is 0 Å². The second-order valence-electron chi connectivity index (χ2n) is 6.41. The molecular weight excluding hydrogens is 330 g/mol. The van der Waals surface area contributed by atoms with Gasteiger partial charge in [0.05, 0.1) is 23.0 Å². The Balaban J connectivity index is 2.33. The first-order valence-corrected chi connectivity index (χ1v) is 8.18. The van der Waals surface area contributed by atoms with Gasteiger partial charge in [0.1, 0.15) is 12.4 Å². The molecule has 7 heteroatoms. The topological polar surface area (TPSA) is 74.2 Å². The average molecular weight is 350 g/mol. The summed E-state index contributed by atoms with van der Waals surface area (Å²) in [6, 6.07) is 5.18. The highest BCUT2D eigenvalue weighted by atomic mass is 35.5. The first kappa shape index (κ1) is 17.0. The number of pyridine rings is 1. The van der Waals surface area contributed by atoms with Gasteiger partial charge in [-0.3, -0.25) is 0 Å². The van der Waals surface area contributed by atoms with E-state index in [0.29, 0.717) is 41.6 Å². The average Bonchev–Trinajstić information content (AvgIpc) is 2.81. The summed E-state index contributed by atoms with van der Waals surface area (Å²) in [5.41, 5.74) is 0.899. The molecule has 3 rings (SSSR count). The molecule has 0 aliphatic rings. The Kier molecular flexibility index (Phi) is 4.38. The van der Waals surface area contributed by atoms with Crippen LogP contribution < -0.4 is 4.73 Å². The molecule has 2 aromatic heterocycles. The number of benzene rings is 1. The molecule has 0 atom stereocenters. The van der Waals surface area contributed by atoms with Crippen LogP contribution in [0.3, 0.4) is 0 Å². The van der Waals surface area contributed by atoms with E-state index in [0.717, 1.165) is 15.6 Å². The highest BCUT2D eigenvalue weighted by molar-refractivity contribution is 6.31. The van der Waals surface area contributed by atoms with Crippen LogP contribution in [0.15, 0.2) is 24.4 Å². The molecule has 0 aliphatic carbocycles. The third-order valence-electron chi connectivity index (χ3n) is 3.75. The van der Waals surface area contributed by atoms with Gasteiger partial charge in [0.25, 0.3) is 0 Å². The number of imidazole rings is 1. The maximum Gasteiger partial charge on any atom is 0.227 e. The number of halogens is 1. The number of hydrogen-bond donors (Lipinski definition) is 1. The van der Waals surface area contributed by atoms with E-state index < -0.39 is 5.60 Å². The fraction of sp³-hybridized carbons (Fsp3) is 0.412. The summed E-state index contributed by atoms with van der Waals surface area (Å²) in [5, 5.41) is 23.8. The van der Waals surface area contributed by atoms with Crippen molar-refractivity contribution >= 4 is 33.5 Å². The quantitative estimate of drug-likeness (QED) is 0.567. The van der Waals surface area contributed by atoms with E-state index in [1.54, 1.807) is 32.0 Å². The molecule has 6 nitrogen and oxygen atoms in total. The van der Waals surface area contributed by atoms with Crippen LogP contribution in [-0.2, 0) is 17.9 Å². The van der Waals surface area contributed by atoms with E-state index in [9.17, 15) is 10.3 Å². The minimum absolute atomic E-state index is 0.315. The zero-order valence-electron chi connectivity index (χ0n) is 13.9. The molecule has 0 fully saturated rings. The van der Waals surface area contributed by atoms with E-state index in [-0.39, 0.29) is 0 Å². The van der Waals surface area contributed by atoms with Gasteiger partial charge >= 0.3 is 0 Å². The van der Waals surface area contributed by atoms with E-state index in [2.05, 4.69) is 4.98 Å². The summed E-state index contributed by atoms with van der Waals surface area (Å²) in [4.78, 5) is 4.54. The van der Waals surface area contributed by atoms with Crippen LogP contribution in [0.4, 0.5) is 0 Å². The third-order valence-corrected chi connectivity index (χ3v) is 3.98. The van der Waals surface area contributed by atoms with Gasteiger partial charge in [-0.1, -0.05) is 11.6 Å². The predicted molar refractivity (Wildman–Crippen MR) is 92.8 cm³/mol. The lowest BCUT2D eigenvalue weighted by Gasteiger charge is -2.20. The normalized spacial score (nSPS) is 12.4. The van der Waals surface area contributed by atoms with Gasteiger partial charge in [0.2, 0.25) is 11.7 Å². The van der Waals surface area contributed by atoms with Gasteiger partial charge in [-0.25, -0.2) is 4.98 Å². The number of fused-ring (bicyclic) bond motifs is 3. The molecule has 0 unspecified atom stereocenters. The lowest BCUT2D eigenvalue weighted by molar-refractivity contribution is -0.575. The van der Waals surface area contributed by atoms with Crippen LogP contribution in [0, 0.1) is 5.21 Å². The summed E-state index contributed by atoms with van der Waals surface area (Å²) >= 11 is 6.03. The van der Waals surface area contributed by atoms with Crippen LogP contribution in [0.1, 0.15) is 26.6 Å². The molecule has 3 aromatic rings. The van der Waals surface area contributed by atoms with Crippen molar-refractivity contribution in [3.05, 3.63) is 40.5 Å². The number of aliphatic hydroxyl groups is 1. The molecule has 0 amide bonds. The largest absolute Gasteiger partial charge is 0.618 e. The van der Waals surface area contributed by atoms with E-state index in [1.807, 2.05) is 11.5 Å². The second kappa shape index (κ2) is 6.20. The van der Waals surface area contributed by atoms with Crippen molar-refractivity contribution < 1.29 is 14.6 Å². The first-order chi connectivity index (χ1) is 11.3. The van der Waals surface area contributed by atoms with Gasteiger partial charge < -0.3 is 19.6 Å². The monoisotopic (exact) mass is 349 g/mol. The highest BCUT2D eigenvalue weighted by Crippen LogP contribution is 2.27. The molecule has 1 aromatic carbocycles. The number of hydrogen-bond acceptors (Lipinski definition) is 4. The Hall–Kier alpha value is -1.89. The molecular formula is C17H20ClN3O3. The van der Waals surface area contributed by atoms with E-state index in [1.165, 1.54) is 6.20 Å². The highest BCUT2D eigenvalue weighted by Gasteiger charge is 2.23. The maximum atomic E-state index is 12.3. The van der Waals surface area contributed by atoms with Gasteiger partial charge in [-0.05, 0) is 32.9 Å². The van der Waals surface area contributed by atoms with Gasteiger partial charge in [-0.15, -0.1) is 0 Å². The minimum atomic E-state index is -0.934. The molecule has 2 heterocycles. The molecule has 128 valence electrons. The molecule has 0 spiro atoms. The van der Waals surface area contributed by atoms with Crippen LogP contribution in [0.5, 0.6) is 0 Å². The summed E-state index contributed by atoms with van der Waals surface area (Å²) in [5.74, 6) is 0.677. The molecule has 0 saturated carbocycles. The Morgan fingerprint density at radius 2 is 2.17 bits per heavy atom. The van der Waals surface area contributed by atoms with Crippen molar-refractivity contribution in [1.82, 2.24) is 9.55 Å². The first-order valence-electron chi connectivity index (χ1n) is 7.81. The molecule has 0 aliphatic heterocycles. The zero-order valence-corrected chi connectivity index (χ0v) is 14.7. The predicted octanol–water partition coefficient (Wildman–Crippen LogP) is 2.78. The summed E-state index contributed by atoms with van der Waals surface area (Å²) < 4.78 is 8.19. The zero-order chi connectivity index (χ0) is 17.5. The maximum absolute atomic E-state index is 12.3. The molecule has 24 heavy (non-hydrogen) atoms. The van der Waals surface area contributed by atoms with Gasteiger partial charge in [0, 0.05) is 17.7 Å². The second-order valence-corrected chi connectivity index (χ2v) is 6.85. The van der Waals surface area contributed by atoms with Crippen LogP contribution in [0.25, 0.3) is 21.9 Å².